The van der Waals surface area contributed by atoms with Crippen LogP contribution in [-0.4, -0.2) is 63.9 Å². The van der Waals surface area contributed by atoms with Gasteiger partial charge in [0.2, 0.25) is 0 Å². The molecule has 0 bridgehead atoms. The number of nitrogens with one attached hydrogen (secondary N) is 1. The quantitative estimate of drug-likeness (QED) is 0.488. The molecule has 6 heteroatoms. The third-order valence-electron chi connectivity index (χ3n) is 4.03. The first-order valence-electron chi connectivity index (χ1n) is 6.63. The molecule has 2 saturated heterocycles. The van der Waals surface area contributed by atoms with Crippen molar-refractivity contribution >= 4 is 22.9 Å². The molecule has 0 aromatic heterocycles. The summed E-state index contributed by atoms with van der Waals surface area (Å²) >= 11 is 2.27. The summed E-state index contributed by atoms with van der Waals surface area (Å²) in [6.07, 6.45) is 0.819. The number of aliphatic hydroxyl groups excluding tert-OH is 2. The SMILES string of the molecule is CC1(OCC2CNCCC2O)CN(I)CCC1O. The lowest BCUT2D eigenvalue weighted by Gasteiger charge is -2.42. The number of rotatable bonds is 3. The molecule has 0 amide bonds. The summed E-state index contributed by atoms with van der Waals surface area (Å²) in [7, 11) is 0. The molecule has 0 aromatic rings. The van der Waals surface area contributed by atoms with Gasteiger partial charge >= 0.3 is 0 Å². The Bertz CT molecular complexity index is 282. The van der Waals surface area contributed by atoms with E-state index in [0.29, 0.717) is 6.61 Å². The normalized spacial score (nSPS) is 43.0. The maximum atomic E-state index is 10.1. The summed E-state index contributed by atoms with van der Waals surface area (Å²) in [6.45, 7) is 5.76. The van der Waals surface area contributed by atoms with E-state index < -0.39 is 11.7 Å². The van der Waals surface area contributed by atoms with Crippen LogP contribution in [0.1, 0.15) is 19.8 Å². The molecule has 18 heavy (non-hydrogen) atoms. The highest BCUT2D eigenvalue weighted by molar-refractivity contribution is 14.1. The van der Waals surface area contributed by atoms with Crippen LogP contribution in [0, 0.1) is 5.92 Å². The molecule has 4 unspecified atom stereocenters. The number of aliphatic hydroxyl groups is 2. The van der Waals surface area contributed by atoms with Gasteiger partial charge in [-0.1, -0.05) is 0 Å². The fourth-order valence-electron chi connectivity index (χ4n) is 2.61. The van der Waals surface area contributed by atoms with Gasteiger partial charge in [0.15, 0.2) is 0 Å². The molecular formula is C12H23IN2O3. The van der Waals surface area contributed by atoms with E-state index in [2.05, 4.69) is 31.3 Å². The molecule has 0 aromatic carbocycles. The zero-order valence-electron chi connectivity index (χ0n) is 10.8. The Hall–Kier alpha value is 0.530. The molecule has 0 saturated carbocycles. The number of ether oxygens (including phenoxy) is 1. The minimum atomic E-state index is -0.517. The van der Waals surface area contributed by atoms with E-state index in [1.807, 2.05) is 6.92 Å². The predicted octanol–water partition coefficient (Wildman–Crippen LogP) is 0.149. The van der Waals surface area contributed by atoms with E-state index in [4.69, 9.17) is 4.74 Å². The van der Waals surface area contributed by atoms with Crippen molar-refractivity contribution < 1.29 is 14.9 Å². The number of halogens is 1. The number of hydrogen-bond donors (Lipinski definition) is 3. The van der Waals surface area contributed by atoms with E-state index in [1.54, 1.807) is 0 Å². The van der Waals surface area contributed by atoms with Crippen molar-refractivity contribution in [3.63, 3.8) is 0 Å². The fraction of sp³-hybridized carbons (Fsp3) is 1.00. The van der Waals surface area contributed by atoms with Crippen LogP contribution in [0.5, 0.6) is 0 Å². The molecule has 0 radical (unpaired) electrons. The van der Waals surface area contributed by atoms with Crippen LogP contribution in [0.3, 0.4) is 0 Å². The summed E-state index contributed by atoms with van der Waals surface area (Å²) in [5.41, 5.74) is -0.517. The van der Waals surface area contributed by atoms with Gasteiger partial charge in [-0.05, 0) is 26.3 Å². The highest BCUT2D eigenvalue weighted by Gasteiger charge is 2.40. The Balaban J connectivity index is 1.87. The van der Waals surface area contributed by atoms with Crippen molar-refractivity contribution in [2.75, 3.05) is 32.8 Å². The Morgan fingerprint density at radius 1 is 1.44 bits per heavy atom. The zero-order valence-corrected chi connectivity index (χ0v) is 13.0. The summed E-state index contributed by atoms with van der Waals surface area (Å²) in [6, 6.07) is 0. The van der Waals surface area contributed by atoms with Crippen LogP contribution in [-0.2, 0) is 4.74 Å². The van der Waals surface area contributed by atoms with E-state index in [1.165, 1.54) is 0 Å². The van der Waals surface area contributed by atoms with Gasteiger partial charge in [0, 0.05) is 48.4 Å². The van der Waals surface area contributed by atoms with Crippen molar-refractivity contribution in [1.29, 1.82) is 0 Å². The van der Waals surface area contributed by atoms with Gasteiger partial charge in [-0.25, -0.2) is 3.11 Å². The van der Waals surface area contributed by atoms with Gasteiger partial charge in [-0.2, -0.15) is 0 Å². The highest BCUT2D eigenvalue weighted by Crippen LogP contribution is 2.28. The minimum Gasteiger partial charge on any atom is -0.393 e. The van der Waals surface area contributed by atoms with E-state index >= 15 is 0 Å². The Kier molecular flexibility index (Phi) is 5.24. The van der Waals surface area contributed by atoms with Gasteiger partial charge in [0.05, 0.1) is 18.8 Å². The molecule has 0 spiro atoms. The molecule has 0 aliphatic carbocycles. The molecule has 5 nitrogen and oxygen atoms in total. The third kappa shape index (κ3) is 3.55. The summed E-state index contributed by atoms with van der Waals surface area (Å²) in [4.78, 5) is 0. The Labute approximate surface area is 122 Å². The predicted molar refractivity (Wildman–Crippen MR) is 77.6 cm³/mol. The summed E-state index contributed by atoms with van der Waals surface area (Å²) in [5.74, 6) is 0.132. The number of hydrogen-bond acceptors (Lipinski definition) is 5. The van der Waals surface area contributed by atoms with Crippen molar-refractivity contribution in [3.05, 3.63) is 0 Å². The Morgan fingerprint density at radius 2 is 2.22 bits per heavy atom. The van der Waals surface area contributed by atoms with Crippen LogP contribution in [0.2, 0.25) is 0 Å². The molecule has 3 N–H and O–H groups in total. The Morgan fingerprint density at radius 3 is 2.94 bits per heavy atom. The van der Waals surface area contributed by atoms with Crippen LogP contribution in [0.15, 0.2) is 0 Å². The van der Waals surface area contributed by atoms with Crippen LogP contribution >= 0.6 is 22.9 Å². The van der Waals surface area contributed by atoms with Crippen LogP contribution in [0.25, 0.3) is 0 Å². The van der Waals surface area contributed by atoms with E-state index in [0.717, 1.165) is 39.0 Å². The summed E-state index contributed by atoms with van der Waals surface area (Å²) < 4.78 is 8.12. The van der Waals surface area contributed by atoms with Gasteiger partial charge in [-0.15, -0.1) is 0 Å². The number of piperidine rings is 2. The minimum absolute atomic E-state index is 0.132. The van der Waals surface area contributed by atoms with Crippen molar-refractivity contribution in [2.45, 2.75) is 37.6 Å². The van der Waals surface area contributed by atoms with E-state index in [-0.39, 0.29) is 12.0 Å². The number of nitrogens with zero attached hydrogens (tertiary/aromatic N) is 1. The topological polar surface area (TPSA) is 65.0 Å². The average molecular weight is 370 g/mol. The van der Waals surface area contributed by atoms with Crippen molar-refractivity contribution in [2.24, 2.45) is 5.92 Å². The smallest absolute Gasteiger partial charge is 0.105 e. The zero-order chi connectivity index (χ0) is 13.2. The van der Waals surface area contributed by atoms with Crippen LogP contribution in [0.4, 0.5) is 0 Å². The lowest BCUT2D eigenvalue weighted by atomic mass is 9.91. The molecule has 2 aliphatic rings. The highest BCUT2D eigenvalue weighted by atomic mass is 127. The maximum Gasteiger partial charge on any atom is 0.105 e. The molecule has 4 atom stereocenters. The molecule has 2 heterocycles. The third-order valence-corrected chi connectivity index (χ3v) is 4.85. The van der Waals surface area contributed by atoms with Gasteiger partial charge in [0.1, 0.15) is 5.60 Å². The standard InChI is InChI=1S/C12H23IN2O3/c1-12(8-15(13)5-3-11(12)17)18-7-9-6-14-4-2-10(9)16/h9-11,14,16-17H,2-8H2,1H3. The first kappa shape index (κ1) is 14.9. The largest absolute Gasteiger partial charge is 0.393 e. The lowest BCUT2D eigenvalue weighted by molar-refractivity contribution is -0.149. The van der Waals surface area contributed by atoms with Gasteiger partial charge in [-0.3, -0.25) is 0 Å². The molecule has 2 fully saturated rings. The van der Waals surface area contributed by atoms with Crippen molar-refractivity contribution in [3.8, 4) is 0 Å². The first-order chi connectivity index (χ1) is 8.51. The molecule has 2 aliphatic heterocycles. The average Bonchev–Trinajstić information content (AvgIpc) is 2.33. The second-order valence-corrected chi connectivity index (χ2v) is 6.96. The molecular weight excluding hydrogens is 347 g/mol. The second kappa shape index (κ2) is 6.32. The molecule has 106 valence electrons. The van der Waals surface area contributed by atoms with E-state index in [9.17, 15) is 10.2 Å². The summed E-state index contributed by atoms with van der Waals surface area (Å²) in [5, 5.41) is 23.3. The second-order valence-electron chi connectivity index (χ2n) is 5.59. The maximum absolute atomic E-state index is 10.1. The lowest BCUT2D eigenvalue weighted by Crippen LogP contribution is -2.55. The molecule has 2 rings (SSSR count). The van der Waals surface area contributed by atoms with Crippen molar-refractivity contribution in [1.82, 2.24) is 8.43 Å². The van der Waals surface area contributed by atoms with Crippen LogP contribution < -0.4 is 5.32 Å². The first-order valence-corrected chi connectivity index (χ1v) is 7.59. The van der Waals surface area contributed by atoms with Gasteiger partial charge < -0.3 is 20.3 Å². The monoisotopic (exact) mass is 370 g/mol. The van der Waals surface area contributed by atoms with Gasteiger partial charge in [0.25, 0.3) is 0 Å². The fourth-order valence-corrected chi connectivity index (χ4v) is 3.57.